The van der Waals surface area contributed by atoms with Crippen LogP contribution in [0.5, 0.6) is 0 Å². The Kier molecular flexibility index (Phi) is 6.25. The molecule has 0 aliphatic carbocycles. The summed E-state index contributed by atoms with van der Waals surface area (Å²) >= 11 is 4.95. The summed E-state index contributed by atoms with van der Waals surface area (Å²) in [6.07, 6.45) is 3.22. The van der Waals surface area contributed by atoms with Crippen molar-refractivity contribution in [1.29, 1.82) is 0 Å². The average Bonchev–Trinajstić information content (AvgIpc) is 2.03. The van der Waals surface area contributed by atoms with Crippen LogP contribution in [0.3, 0.4) is 0 Å². The molecule has 0 rings (SSSR count). The molecule has 0 amide bonds. The summed E-state index contributed by atoms with van der Waals surface area (Å²) in [4.78, 5) is 0.576. The van der Waals surface area contributed by atoms with E-state index in [0.29, 0.717) is 4.99 Å². The fourth-order valence-corrected chi connectivity index (χ4v) is 0.901. The zero-order valence-corrected chi connectivity index (χ0v) is 9.75. The second kappa shape index (κ2) is 6.33. The van der Waals surface area contributed by atoms with Crippen LogP contribution in [0.2, 0.25) is 0 Å². The predicted octanol–water partition coefficient (Wildman–Crippen LogP) is 2.51. The molecular formula is C10H21NOS. The Labute approximate surface area is 86.8 Å². The largest absolute Gasteiger partial charge is 0.393 e. The van der Waals surface area contributed by atoms with Gasteiger partial charge in [-0.2, -0.15) is 0 Å². The van der Waals surface area contributed by atoms with Gasteiger partial charge in [0.2, 0.25) is 0 Å². The maximum atomic E-state index is 5.59. The Morgan fingerprint density at radius 1 is 1.38 bits per heavy atom. The van der Waals surface area contributed by atoms with Crippen LogP contribution in [0.1, 0.15) is 40.0 Å². The van der Waals surface area contributed by atoms with Gasteiger partial charge >= 0.3 is 0 Å². The molecule has 0 saturated carbocycles. The molecule has 0 spiro atoms. The second-order valence-corrected chi connectivity index (χ2v) is 4.40. The van der Waals surface area contributed by atoms with Crippen LogP contribution in [0.4, 0.5) is 0 Å². The van der Waals surface area contributed by atoms with E-state index in [1.165, 1.54) is 6.42 Å². The Morgan fingerprint density at radius 2 is 2.00 bits per heavy atom. The van der Waals surface area contributed by atoms with Gasteiger partial charge in [0, 0.05) is 18.6 Å². The van der Waals surface area contributed by atoms with Gasteiger partial charge in [0.05, 0.1) is 4.99 Å². The molecule has 0 bridgehead atoms. The standard InChI is InChI=1S/C10H21NOS/c1-4-5-7-12-8-6-10(2,3)9(11)13/h4-8H2,1-3H3,(H2,11,13). The number of rotatable bonds is 7. The van der Waals surface area contributed by atoms with Gasteiger partial charge in [-0.3, -0.25) is 0 Å². The topological polar surface area (TPSA) is 35.2 Å². The van der Waals surface area contributed by atoms with Gasteiger partial charge in [-0.05, 0) is 12.8 Å². The molecular weight excluding hydrogens is 182 g/mol. The minimum atomic E-state index is -0.0679. The monoisotopic (exact) mass is 203 g/mol. The summed E-state index contributed by atoms with van der Waals surface area (Å²) in [5.41, 5.74) is 5.52. The summed E-state index contributed by atoms with van der Waals surface area (Å²) in [6.45, 7) is 7.87. The molecule has 0 aliphatic rings. The van der Waals surface area contributed by atoms with Crippen molar-refractivity contribution in [3.8, 4) is 0 Å². The van der Waals surface area contributed by atoms with E-state index >= 15 is 0 Å². The van der Waals surface area contributed by atoms with Gasteiger partial charge in [-0.25, -0.2) is 0 Å². The lowest BCUT2D eigenvalue weighted by Gasteiger charge is -2.22. The molecule has 0 heterocycles. The maximum absolute atomic E-state index is 5.59. The van der Waals surface area contributed by atoms with E-state index in [1.807, 2.05) is 0 Å². The number of hydrogen-bond acceptors (Lipinski definition) is 2. The first-order valence-corrected chi connectivity index (χ1v) is 5.29. The lowest BCUT2D eigenvalue weighted by molar-refractivity contribution is 0.114. The molecule has 0 saturated heterocycles. The first-order valence-electron chi connectivity index (χ1n) is 4.88. The lowest BCUT2D eigenvalue weighted by atomic mass is 9.90. The van der Waals surface area contributed by atoms with Gasteiger partial charge in [-0.1, -0.05) is 39.4 Å². The van der Waals surface area contributed by atoms with Crippen LogP contribution in [-0.2, 0) is 4.74 Å². The predicted molar refractivity (Wildman–Crippen MR) is 60.9 cm³/mol. The highest BCUT2D eigenvalue weighted by atomic mass is 32.1. The molecule has 2 N–H and O–H groups in total. The van der Waals surface area contributed by atoms with Crippen LogP contribution in [0.15, 0.2) is 0 Å². The Balaban J connectivity index is 3.46. The number of unbranched alkanes of at least 4 members (excludes halogenated alkanes) is 1. The van der Waals surface area contributed by atoms with Gasteiger partial charge in [-0.15, -0.1) is 0 Å². The number of thiocarbonyl (C=S) groups is 1. The maximum Gasteiger partial charge on any atom is 0.0785 e. The molecule has 2 nitrogen and oxygen atoms in total. The third kappa shape index (κ3) is 5.99. The molecule has 3 heteroatoms. The van der Waals surface area contributed by atoms with E-state index in [2.05, 4.69) is 20.8 Å². The quantitative estimate of drug-likeness (QED) is 0.510. The molecule has 0 aliphatic heterocycles. The third-order valence-electron chi connectivity index (χ3n) is 2.18. The summed E-state index contributed by atoms with van der Waals surface area (Å²) in [6, 6.07) is 0. The zero-order chi connectivity index (χ0) is 10.3. The van der Waals surface area contributed by atoms with Crippen LogP contribution in [0, 0.1) is 5.41 Å². The fourth-order valence-electron chi connectivity index (χ4n) is 0.799. The van der Waals surface area contributed by atoms with E-state index in [-0.39, 0.29) is 5.41 Å². The van der Waals surface area contributed by atoms with E-state index in [1.54, 1.807) is 0 Å². The lowest BCUT2D eigenvalue weighted by Crippen LogP contribution is -2.30. The van der Waals surface area contributed by atoms with Crippen LogP contribution in [-0.4, -0.2) is 18.2 Å². The van der Waals surface area contributed by atoms with Crippen molar-refractivity contribution in [2.75, 3.05) is 13.2 Å². The second-order valence-electron chi connectivity index (χ2n) is 3.96. The minimum absolute atomic E-state index is 0.0679. The molecule has 0 radical (unpaired) electrons. The molecule has 13 heavy (non-hydrogen) atoms. The van der Waals surface area contributed by atoms with Gasteiger partial charge in [0.15, 0.2) is 0 Å². The highest BCUT2D eigenvalue weighted by Gasteiger charge is 2.20. The highest BCUT2D eigenvalue weighted by Crippen LogP contribution is 2.20. The highest BCUT2D eigenvalue weighted by molar-refractivity contribution is 7.80. The Hall–Kier alpha value is -0.150. The first kappa shape index (κ1) is 12.8. The zero-order valence-electron chi connectivity index (χ0n) is 8.93. The summed E-state index contributed by atoms with van der Waals surface area (Å²) < 4.78 is 5.44. The summed E-state index contributed by atoms with van der Waals surface area (Å²) in [7, 11) is 0. The van der Waals surface area contributed by atoms with E-state index in [9.17, 15) is 0 Å². The molecule has 78 valence electrons. The molecule has 0 aromatic heterocycles. The van der Waals surface area contributed by atoms with E-state index in [4.69, 9.17) is 22.7 Å². The summed E-state index contributed by atoms with van der Waals surface area (Å²) in [5.74, 6) is 0. The van der Waals surface area contributed by atoms with Crippen molar-refractivity contribution in [1.82, 2.24) is 0 Å². The van der Waals surface area contributed by atoms with E-state index in [0.717, 1.165) is 26.1 Å². The van der Waals surface area contributed by atoms with Crippen molar-refractivity contribution in [3.05, 3.63) is 0 Å². The first-order chi connectivity index (χ1) is 6.00. The van der Waals surface area contributed by atoms with Crippen LogP contribution in [0.25, 0.3) is 0 Å². The van der Waals surface area contributed by atoms with Crippen molar-refractivity contribution in [3.63, 3.8) is 0 Å². The van der Waals surface area contributed by atoms with Crippen molar-refractivity contribution < 1.29 is 4.74 Å². The molecule has 0 aromatic rings. The molecule has 0 atom stereocenters. The number of ether oxygens (including phenoxy) is 1. The SMILES string of the molecule is CCCCOCCC(C)(C)C(N)=S. The molecule has 0 fully saturated rings. The fraction of sp³-hybridized carbons (Fsp3) is 0.900. The van der Waals surface area contributed by atoms with Crippen molar-refractivity contribution in [2.45, 2.75) is 40.0 Å². The smallest absolute Gasteiger partial charge is 0.0785 e. The molecule has 0 unspecified atom stereocenters. The Morgan fingerprint density at radius 3 is 2.46 bits per heavy atom. The normalized spacial score (nSPS) is 11.6. The Bertz CT molecular complexity index is 157. The number of nitrogens with two attached hydrogens (primary N) is 1. The van der Waals surface area contributed by atoms with Crippen molar-refractivity contribution in [2.24, 2.45) is 11.1 Å². The minimum Gasteiger partial charge on any atom is -0.393 e. The van der Waals surface area contributed by atoms with Crippen LogP contribution >= 0.6 is 12.2 Å². The van der Waals surface area contributed by atoms with Gasteiger partial charge in [0.25, 0.3) is 0 Å². The van der Waals surface area contributed by atoms with Crippen molar-refractivity contribution >= 4 is 17.2 Å². The molecule has 0 aromatic carbocycles. The van der Waals surface area contributed by atoms with Gasteiger partial charge in [0.1, 0.15) is 0 Å². The number of hydrogen-bond donors (Lipinski definition) is 1. The third-order valence-corrected chi connectivity index (χ3v) is 2.73. The van der Waals surface area contributed by atoms with E-state index < -0.39 is 0 Å². The average molecular weight is 203 g/mol. The summed E-state index contributed by atoms with van der Waals surface area (Å²) in [5, 5.41) is 0. The van der Waals surface area contributed by atoms with Crippen LogP contribution < -0.4 is 5.73 Å². The van der Waals surface area contributed by atoms with Gasteiger partial charge < -0.3 is 10.5 Å².